The molecule has 0 fully saturated rings. The minimum Gasteiger partial charge on any atom is -0.357 e. The molecule has 0 bridgehead atoms. The van der Waals surface area contributed by atoms with Gasteiger partial charge in [-0.2, -0.15) is 0 Å². The lowest BCUT2D eigenvalue weighted by Crippen LogP contribution is -2.38. The number of aromatic nitrogens is 4. The van der Waals surface area contributed by atoms with Crippen LogP contribution < -0.4 is 10.6 Å². The van der Waals surface area contributed by atoms with Crippen molar-refractivity contribution in [3.63, 3.8) is 0 Å². The highest BCUT2D eigenvalue weighted by molar-refractivity contribution is 14.0. The number of nitrogens with zero attached hydrogens (tertiary/aromatic N) is 5. The molecule has 0 aromatic carbocycles. The summed E-state index contributed by atoms with van der Waals surface area (Å²) in [6.45, 7) is 12.1. The second-order valence-electron chi connectivity index (χ2n) is 7.22. The van der Waals surface area contributed by atoms with E-state index in [0.29, 0.717) is 5.92 Å². The highest BCUT2D eigenvalue weighted by atomic mass is 127. The van der Waals surface area contributed by atoms with Crippen molar-refractivity contribution in [2.24, 2.45) is 10.9 Å². The molecular weight excluding hydrogens is 529 g/mol. The molecule has 0 unspecified atom stereocenters. The molecule has 0 aliphatic heterocycles. The maximum Gasteiger partial charge on any atom is 0.191 e. The van der Waals surface area contributed by atoms with Gasteiger partial charge in [-0.15, -0.1) is 45.5 Å². The SMILES string of the molecule is CCNC(=NCCCc1nnc(SC)n1CC(C)C)NCCc1ncc(CC)s1.I. The molecule has 2 aromatic heterocycles. The highest BCUT2D eigenvalue weighted by Crippen LogP contribution is 2.17. The molecule has 0 aliphatic carbocycles. The monoisotopic (exact) mass is 565 g/mol. The average molecular weight is 566 g/mol. The van der Waals surface area contributed by atoms with E-state index >= 15 is 0 Å². The van der Waals surface area contributed by atoms with Crippen LogP contribution in [0, 0.1) is 5.92 Å². The van der Waals surface area contributed by atoms with E-state index in [9.17, 15) is 0 Å². The summed E-state index contributed by atoms with van der Waals surface area (Å²) in [5.74, 6) is 2.50. The van der Waals surface area contributed by atoms with E-state index in [1.54, 1.807) is 23.1 Å². The summed E-state index contributed by atoms with van der Waals surface area (Å²) in [6.07, 6.45) is 7.86. The van der Waals surface area contributed by atoms with Gasteiger partial charge < -0.3 is 15.2 Å². The third-order valence-electron chi connectivity index (χ3n) is 4.28. The largest absolute Gasteiger partial charge is 0.357 e. The van der Waals surface area contributed by atoms with E-state index in [0.717, 1.165) is 68.8 Å². The maximum absolute atomic E-state index is 4.71. The minimum atomic E-state index is 0. The van der Waals surface area contributed by atoms with Crippen molar-refractivity contribution in [3.8, 4) is 0 Å². The van der Waals surface area contributed by atoms with E-state index in [4.69, 9.17) is 4.99 Å². The Kier molecular flexibility index (Phi) is 13.6. The smallest absolute Gasteiger partial charge is 0.191 e. The van der Waals surface area contributed by atoms with Crippen LogP contribution >= 0.6 is 47.1 Å². The van der Waals surface area contributed by atoms with Crippen LogP contribution in [0.1, 0.15) is 49.8 Å². The van der Waals surface area contributed by atoms with Crippen molar-refractivity contribution in [2.75, 3.05) is 25.9 Å². The zero-order valence-electron chi connectivity index (χ0n) is 18.8. The Bertz CT molecular complexity index is 758. The van der Waals surface area contributed by atoms with Gasteiger partial charge in [0.2, 0.25) is 0 Å². The average Bonchev–Trinajstić information content (AvgIpc) is 3.31. The number of halogens is 1. The van der Waals surface area contributed by atoms with Crippen LogP contribution in [0.4, 0.5) is 0 Å². The quantitative estimate of drug-likeness (QED) is 0.133. The molecule has 30 heavy (non-hydrogen) atoms. The Balaban J connectivity index is 0.00000450. The van der Waals surface area contributed by atoms with Crippen LogP contribution in [0.25, 0.3) is 0 Å². The topological polar surface area (TPSA) is 80.0 Å². The van der Waals surface area contributed by atoms with Gasteiger partial charge in [0.1, 0.15) is 5.82 Å². The number of aliphatic imine (C=N–C) groups is 1. The van der Waals surface area contributed by atoms with Gasteiger partial charge in [-0.05, 0) is 31.9 Å². The summed E-state index contributed by atoms with van der Waals surface area (Å²) >= 11 is 3.45. The third-order valence-corrected chi connectivity index (χ3v) is 6.15. The highest BCUT2D eigenvalue weighted by Gasteiger charge is 2.12. The summed E-state index contributed by atoms with van der Waals surface area (Å²) in [4.78, 5) is 10.5. The zero-order chi connectivity index (χ0) is 21.1. The van der Waals surface area contributed by atoms with Gasteiger partial charge in [-0.1, -0.05) is 32.5 Å². The number of thiazole rings is 1. The van der Waals surface area contributed by atoms with Crippen molar-refractivity contribution >= 4 is 53.0 Å². The third kappa shape index (κ3) is 9.09. The predicted molar refractivity (Wildman–Crippen MR) is 140 cm³/mol. The number of hydrogen-bond acceptors (Lipinski definition) is 6. The Morgan fingerprint density at radius 2 is 2.03 bits per heavy atom. The van der Waals surface area contributed by atoms with E-state index in [2.05, 4.69) is 64.3 Å². The van der Waals surface area contributed by atoms with Crippen molar-refractivity contribution in [3.05, 3.63) is 21.9 Å². The predicted octanol–water partition coefficient (Wildman–Crippen LogP) is 4.02. The number of guanidine groups is 1. The van der Waals surface area contributed by atoms with Crippen molar-refractivity contribution < 1.29 is 0 Å². The molecule has 0 radical (unpaired) electrons. The number of thioether (sulfide) groups is 1. The lowest BCUT2D eigenvalue weighted by Gasteiger charge is -2.12. The summed E-state index contributed by atoms with van der Waals surface area (Å²) in [5, 5.41) is 17.6. The first-order valence-electron chi connectivity index (χ1n) is 10.5. The summed E-state index contributed by atoms with van der Waals surface area (Å²) in [7, 11) is 0. The van der Waals surface area contributed by atoms with Crippen LogP contribution in [0.3, 0.4) is 0 Å². The van der Waals surface area contributed by atoms with Crippen LogP contribution in [-0.4, -0.2) is 51.6 Å². The number of aryl methyl sites for hydroxylation is 2. The molecule has 0 spiro atoms. The van der Waals surface area contributed by atoms with Gasteiger partial charge in [0.15, 0.2) is 11.1 Å². The summed E-state index contributed by atoms with van der Waals surface area (Å²) in [6, 6.07) is 0. The summed E-state index contributed by atoms with van der Waals surface area (Å²) < 4.78 is 2.25. The Labute approximate surface area is 206 Å². The molecule has 2 aromatic rings. The zero-order valence-corrected chi connectivity index (χ0v) is 22.7. The Hall–Kier alpha value is -0.880. The molecule has 0 amide bonds. The molecule has 10 heteroatoms. The molecule has 2 rings (SSSR count). The lowest BCUT2D eigenvalue weighted by atomic mass is 10.2. The number of hydrogen-bond donors (Lipinski definition) is 2. The molecule has 2 heterocycles. The molecule has 170 valence electrons. The van der Waals surface area contributed by atoms with Gasteiger partial charge in [-0.3, -0.25) is 4.99 Å². The lowest BCUT2D eigenvalue weighted by molar-refractivity contribution is 0.477. The second kappa shape index (κ2) is 15.0. The maximum atomic E-state index is 4.71. The minimum absolute atomic E-state index is 0. The number of rotatable bonds is 12. The fraction of sp³-hybridized carbons (Fsp3) is 0.700. The summed E-state index contributed by atoms with van der Waals surface area (Å²) in [5.41, 5.74) is 0. The van der Waals surface area contributed by atoms with E-state index in [1.165, 1.54) is 9.88 Å². The van der Waals surface area contributed by atoms with Gasteiger partial charge in [0.25, 0.3) is 0 Å². The van der Waals surface area contributed by atoms with Crippen molar-refractivity contribution in [1.82, 2.24) is 30.4 Å². The van der Waals surface area contributed by atoms with E-state index < -0.39 is 0 Å². The fourth-order valence-electron chi connectivity index (χ4n) is 2.89. The van der Waals surface area contributed by atoms with E-state index in [-0.39, 0.29) is 24.0 Å². The van der Waals surface area contributed by atoms with Crippen LogP contribution in [0.15, 0.2) is 16.3 Å². The normalized spacial score (nSPS) is 11.6. The van der Waals surface area contributed by atoms with E-state index in [1.807, 2.05) is 6.20 Å². The molecule has 0 saturated heterocycles. The molecular formula is C20H36IN7S2. The standard InChI is InChI=1S/C20H35N7S2.HI/c1-6-16-13-24-18(29-16)10-12-23-19(21-7-2)22-11-8-9-17-25-26-20(28-5)27(17)14-15(3)4;/h13,15H,6-12,14H2,1-5H3,(H2,21,22,23);1H. The Morgan fingerprint density at radius 1 is 1.23 bits per heavy atom. The van der Waals surface area contributed by atoms with Gasteiger partial charge in [0.05, 0.1) is 5.01 Å². The van der Waals surface area contributed by atoms with Gasteiger partial charge in [0, 0.05) is 50.1 Å². The first kappa shape index (κ1) is 27.2. The van der Waals surface area contributed by atoms with Crippen molar-refractivity contribution in [1.29, 1.82) is 0 Å². The molecule has 0 atom stereocenters. The van der Waals surface area contributed by atoms with Gasteiger partial charge >= 0.3 is 0 Å². The number of nitrogens with one attached hydrogen (secondary N) is 2. The first-order chi connectivity index (χ1) is 14.1. The van der Waals surface area contributed by atoms with Crippen LogP contribution in [0.5, 0.6) is 0 Å². The van der Waals surface area contributed by atoms with Crippen LogP contribution in [-0.2, 0) is 25.8 Å². The molecule has 7 nitrogen and oxygen atoms in total. The fourth-order valence-corrected chi connectivity index (χ4v) is 4.27. The molecule has 2 N–H and O–H groups in total. The van der Waals surface area contributed by atoms with Crippen LogP contribution in [0.2, 0.25) is 0 Å². The molecule has 0 saturated carbocycles. The molecule has 0 aliphatic rings. The Morgan fingerprint density at radius 3 is 2.67 bits per heavy atom. The van der Waals surface area contributed by atoms with Gasteiger partial charge in [-0.25, -0.2) is 4.98 Å². The first-order valence-corrected chi connectivity index (χ1v) is 12.5. The van der Waals surface area contributed by atoms with Crippen molar-refractivity contribution in [2.45, 2.75) is 65.1 Å². The second-order valence-corrected chi connectivity index (χ2v) is 9.20.